The molecule has 1 atom stereocenters. The first-order chi connectivity index (χ1) is 10.2. The highest BCUT2D eigenvalue weighted by molar-refractivity contribution is 5.94. The van der Waals surface area contributed by atoms with E-state index in [4.69, 9.17) is 0 Å². The molecule has 4 heteroatoms. The van der Waals surface area contributed by atoms with Crippen molar-refractivity contribution in [1.29, 1.82) is 0 Å². The van der Waals surface area contributed by atoms with Crippen molar-refractivity contribution in [3.8, 4) is 0 Å². The van der Waals surface area contributed by atoms with Crippen LogP contribution < -0.4 is 10.2 Å². The van der Waals surface area contributed by atoms with Gasteiger partial charge < -0.3 is 10.2 Å². The van der Waals surface area contributed by atoms with E-state index in [9.17, 15) is 4.79 Å². The summed E-state index contributed by atoms with van der Waals surface area (Å²) in [7, 11) is 0. The van der Waals surface area contributed by atoms with Crippen molar-refractivity contribution >= 4 is 11.7 Å². The van der Waals surface area contributed by atoms with Gasteiger partial charge in [-0.15, -0.1) is 0 Å². The van der Waals surface area contributed by atoms with E-state index in [1.807, 2.05) is 49.4 Å². The number of aryl methyl sites for hydroxylation is 1. The van der Waals surface area contributed by atoms with Gasteiger partial charge in [0.1, 0.15) is 5.82 Å². The normalized spacial score (nSPS) is 17.8. The fraction of sp³-hybridized carbons (Fsp3) is 0.294. The number of nitrogens with one attached hydrogen (secondary N) is 1. The monoisotopic (exact) mass is 281 g/mol. The molecule has 1 aromatic heterocycles. The predicted octanol–water partition coefficient (Wildman–Crippen LogP) is 2.40. The summed E-state index contributed by atoms with van der Waals surface area (Å²) < 4.78 is 0. The quantitative estimate of drug-likeness (QED) is 0.939. The highest BCUT2D eigenvalue weighted by Crippen LogP contribution is 2.17. The maximum absolute atomic E-state index is 12.2. The molecule has 1 unspecified atom stereocenters. The summed E-state index contributed by atoms with van der Waals surface area (Å²) in [6, 6.07) is 13.8. The van der Waals surface area contributed by atoms with Crippen molar-refractivity contribution in [2.24, 2.45) is 0 Å². The zero-order chi connectivity index (χ0) is 14.7. The first kappa shape index (κ1) is 13.6. The Hall–Kier alpha value is -2.36. The van der Waals surface area contributed by atoms with Crippen LogP contribution in [0.5, 0.6) is 0 Å². The molecule has 1 saturated heterocycles. The minimum atomic E-state index is 0.00266. The van der Waals surface area contributed by atoms with Crippen molar-refractivity contribution in [3.05, 3.63) is 59.8 Å². The van der Waals surface area contributed by atoms with E-state index in [0.717, 1.165) is 36.5 Å². The summed E-state index contributed by atoms with van der Waals surface area (Å²) in [5.74, 6) is 0.979. The zero-order valence-corrected chi connectivity index (χ0v) is 12.1. The van der Waals surface area contributed by atoms with Gasteiger partial charge in [0.05, 0.1) is 0 Å². The van der Waals surface area contributed by atoms with E-state index in [-0.39, 0.29) is 11.9 Å². The van der Waals surface area contributed by atoms with Gasteiger partial charge in [-0.3, -0.25) is 4.79 Å². The van der Waals surface area contributed by atoms with Crippen LogP contribution in [0.25, 0.3) is 0 Å². The number of hydrogen-bond acceptors (Lipinski definition) is 3. The average molecular weight is 281 g/mol. The molecule has 1 N–H and O–H groups in total. The first-order valence-corrected chi connectivity index (χ1v) is 7.26. The molecular weight excluding hydrogens is 262 g/mol. The van der Waals surface area contributed by atoms with Crippen LogP contribution in [0.15, 0.2) is 48.7 Å². The highest BCUT2D eigenvalue weighted by Gasteiger charge is 2.24. The van der Waals surface area contributed by atoms with Gasteiger partial charge in [-0.1, -0.05) is 23.8 Å². The second-order valence-electron chi connectivity index (χ2n) is 5.46. The van der Waals surface area contributed by atoms with Crippen LogP contribution in [0.1, 0.15) is 22.3 Å². The molecule has 108 valence electrons. The molecule has 1 fully saturated rings. The molecule has 2 aromatic rings. The number of amides is 1. The van der Waals surface area contributed by atoms with E-state index in [2.05, 4.69) is 15.2 Å². The third-order valence-electron chi connectivity index (χ3n) is 3.81. The SMILES string of the molecule is Cc1ccc(C(=O)NC2CCN(c3ccccn3)C2)cc1. The summed E-state index contributed by atoms with van der Waals surface area (Å²) in [6.07, 6.45) is 2.75. The van der Waals surface area contributed by atoms with Gasteiger partial charge in [0.2, 0.25) is 0 Å². The lowest BCUT2D eigenvalue weighted by atomic mass is 10.1. The molecule has 0 spiro atoms. The molecule has 1 aliphatic heterocycles. The summed E-state index contributed by atoms with van der Waals surface area (Å²) in [6.45, 7) is 3.76. The van der Waals surface area contributed by atoms with Crippen LogP contribution in [0.2, 0.25) is 0 Å². The van der Waals surface area contributed by atoms with Gasteiger partial charge in [0.15, 0.2) is 0 Å². The molecule has 3 rings (SSSR count). The fourth-order valence-corrected chi connectivity index (χ4v) is 2.60. The van der Waals surface area contributed by atoms with Crippen molar-refractivity contribution in [2.75, 3.05) is 18.0 Å². The number of nitrogens with zero attached hydrogens (tertiary/aromatic N) is 2. The molecule has 1 aromatic carbocycles. The maximum atomic E-state index is 12.2. The van der Waals surface area contributed by atoms with E-state index < -0.39 is 0 Å². The van der Waals surface area contributed by atoms with Crippen LogP contribution in [-0.4, -0.2) is 30.0 Å². The first-order valence-electron chi connectivity index (χ1n) is 7.26. The lowest BCUT2D eigenvalue weighted by molar-refractivity contribution is 0.0940. The van der Waals surface area contributed by atoms with E-state index >= 15 is 0 Å². The second kappa shape index (κ2) is 5.95. The molecule has 0 aliphatic carbocycles. The molecular formula is C17H19N3O. The number of benzene rings is 1. The molecule has 0 saturated carbocycles. The average Bonchev–Trinajstić information content (AvgIpc) is 2.97. The smallest absolute Gasteiger partial charge is 0.251 e. The van der Waals surface area contributed by atoms with Crippen LogP contribution in [0, 0.1) is 6.92 Å². The standard InChI is InChI=1S/C17H19N3O/c1-13-5-7-14(8-6-13)17(21)19-15-9-11-20(12-15)16-4-2-3-10-18-16/h2-8,10,15H,9,11-12H2,1H3,(H,19,21). The number of aromatic nitrogens is 1. The number of carbonyl (C=O) groups is 1. The van der Waals surface area contributed by atoms with E-state index in [1.165, 1.54) is 0 Å². The number of rotatable bonds is 3. The lowest BCUT2D eigenvalue weighted by Gasteiger charge is -2.17. The molecule has 0 radical (unpaired) electrons. The Labute approximate surface area is 124 Å². The summed E-state index contributed by atoms with van der Waals surface area (Å²) in [5.41, 5.74) is 1.88. The molecule has 21 heavy (non-hydrogen) atoms. The van der Waals surface area contributed by atoms with Gasteiger partial charge in [-0.25, -0.2) is 4.98 Å². The minimum absolute atomic E-state index is 0.00266. The molecule has 4 nitrogen and oxygen atoms in total. The Morgan fingerprint density at radius 1 is 1.24 bits per heavy atom. The van der Waals surface area contributed by atoms with Gasteiger partial charge >= 0.3 is 0 Å². The Balaban J connectivity index is 1.60. The van der Waals surface area contributed by atoms with E-state index in [1.54, 1.807) is 6.20 Å². The minimum Gasteiger partial charge on any atom is -0.354 e. The summed E-state index contributed by atoms with van der Waals surface area (Å²) in [5, 5.41) is 3.11. The van der Waals surface area contributed by atoms with Gasteiger partial charge in [-0.05, 0) is 37.6 Å². The van der Waals surface area contributed by atoms with Crippen molar-refractivity contribution < 1.29 is 4.79 Å². The Morgan fingerprint density at radius 3 is 2.76 bits per heavy atom. The lowest BCUT2D eigenvalue weighted by Crippen LogP contribution is -2.37. The third-order valence-corrected chi connectivity index (χ3v) is 3.81. The molecule has 1 aliphatic rings. The number of pyridine rings is 1. The Morgan fingerprint density at radius 2 is 2.05 bits per heavy atom. The van der Waals surface area contributed by atoms with Crippen LogP contribution in [0.4, 0.5) is 5.82 Å². The summed E-state index contributed by atoms with van der Waals surface area (Å²) in [4.78, 5) is 18.8. The van der Waals surface area contributed by atoms with Crippen LogP contribution in [0.3, 0.4) is 0 Å². The summed E-state index contributed by atoms with van der Waals surface area (Å²) >= 11 is 0. The molecule has 2 heterocycles. The maximum Gasteiger partial charge on any atom is 0.251 e. The molecule has 0 bridgehead atoms. The van der Waals surface area contributed by atoms with Crippen LogP contribution >= 0.6 is 0 Å². The van der Waals surface area contributed by atoms with E-state index in [0.29, 0.717) is 0 Å². The predicted molar refractivity (Wildman–Crippen MR) is 83.5 cm³/mol. The van der Waals surface area contributed by atoms with Gasteiger partial charge in [-0.2, -0.15) is 0 Å². The fourth-order valence-electron chi connectivity index (χ4n) is 2.60. The molecule has 1 amide bonds. The second-order valence-corrected chi connectivity index (χ2v) is 5.46. The largest absolute Gasteiger partial charge is 0.354 e. The third kappa shape index (κ3) is 3.21. The number of anilines is 1. The Bertz CT molecular complexity index is 610. The number of hydrogen-bond donors (Lipinski definition) is 1. The number of carbonyl (C=O) groups excluding carboxylic acids is 1. The Kier molecular flexibility index (Phi) is 3.86. The van der Waals surface area contributed by atoms with Gasteiger partial charge in [0, 0.05) is 30.9 Å². The van der Waals surface area contributed by atoms with Crippen LogP contribution in [-0.2, 0) is 0 Å². The topological polar surface area (TPSA) is 45.2 Å². The van der Waals surface area contributed by atoms with Gasteiger partial charge in [0.25, 0.3) is 5.91 Å². The van der Waals surface area contributed by atoms with Crippen molar-refractivity contribution in [2.45, 2.75) is 19.4 Å². The van der Waals surface area contributed by atoms with Crippen molar-refractivity contribution in [3.63, 3.8) is 0 Å². The zero-order valence-electron chi connectivity index (χ0n) is 12.1. The highest BCUT2D eigenvalue weighted by atomic mass is 16.1. The van der Waals surface area contributed by atoms with Crippen molar-refractivity contribution in [1.82, 2.24) is 10.3 Å².